The third kappa shape index (κ3) is 6.56. The molecular weight excluding hydrogens is 404 g/mol. The van der Waals surface area contributed by atoms with Crippen LogP contribution in [0.15, 0.2) is 24.3 Å². The predicted molar refractivity (Wildman–Crippen MR) is 90.9 cm³/mol. The molecule has 0 aromatic heterocycles. The Hall–Kier alpha value is -1.18. The van der Waals surface area contributed by atoms with Gasteiger partial charge in [-0.2, -0.15) is 13.2 Å². The Morgan fingerprint density at radius 1 is 0.960 bits per heavy atom. The predicted octanol–water partition coefficient (Wildman–Crippen LogP) is 4.09. The van der Waals surface area contributed by atoms with Gasteiger partial charge in [-0.3, -0.25) is 9.59 Å². The van der Waals surface area contributed by atoms with Gasteiger partial charge in [0.1, 0.15) is 6.17 Å². The van der Waals surface area contributed by atoms with Crippen molar-refractivity contribution >= 4 is 46.6 Å². The molecule has 1 atom stereocenters. The van der Waals surface area contributed by atoms with Crippen LogP contribution in [-0.2, 0) is 10.2 Å². The Bertz CT molecular complexity index is 635. The van der Waals surface area contributed by atoms with Gasteiger partial charge in [-0.15, -0.1) is 0 Å². The summed E-state index contributed by atoms with van der Waals surface area (Å²) in [5.41, 5.74) is 0.941. The molecule has 0 radical (unpaired) electrons. The largest absolute Gasteiger partial charge is 0.471 e. The van der Waals surface area contributed by atoms with Gasteiger partial charge in [0, 0.05) is 5.56 Å². The number of carbonyl (C=O) groups excluding carboxylic acids is 2. The lowest BCUT2D eigenvalue weighted by molar-refractivity contribution is -0.174. The molecule has 0 bridgehead atoms. The third-order valence-corrected chi connectivity index (χ3v) is 3.80. The molecule has 1 aromatic rings. The molecule has 2 amide bonds. The summed E-state index contributed by atoms with van der Waals surface area (Å²) in [6, 6.07) is 6.37. The van der Waals surface area contributed by atoms with Gasteiger partial charge in [-0.25, -0.2) is 0 Å². The van der Waals surface area contributed by atoms with Crippen LogP contribution in [0, 0.1) is 0 Å². The number of nitrogens with one attached hydrogen (secondary N) is 2. The van der Waals surface area contributed by atoms with E-state index < -0.39 is 27.9 Å². The molecule has 25 heavy (non-hydrogen) atoms. The fourth-order valence-electron chi connectivity index (χ4n) is 1.75. The van der Waals surface area contributed by atoms with Crippen molar-refractivity contribution < 1.29 is 22.8 Å². The average Bonchev–Trinajstić information content (AvgIpc) is 2.43. The minimum absolute atomic E-state index is 0.133. The number of carbonyl (C=O) groups is 2. The van der Waals surface area contributed by atoms with Crippen LogP contribution in [0.5, 0.6) is 0 Å². The SMILES string of the molecule is CC(C)(C)c1ccc(C(=O)NC(NC(=O)C(F)(F)F)C(Cl)(Cl)Cl)cc1. The quantitative estimate of drug-likeness (QED) is 0.573. The maximum atomic E-state index is 12.4. The van der Waals surface area contributed by atoms with Crippen LogP contribution < -0.4 is 10.6 Å². The number of hydrogen-bond donors (Lipinski definition) is 2. The molecule has 10 heteroatoms. The number of amides is 2. The third-order valence-electron chi connectivity index (χ3n) is 3.15. The first-order valence-electron chi connectivity index (χ1n) is 6.98. The minimum Gasteiger partial charge on any atom is -0.328 e. The lowest BCUT2D eigenvalue weighted by atomic mass is 9.87. The van der Waals surface area contributed by atoms with Crippen LogP contribution >= 0.6 is 34.8 Å². The second-order valence-electron chi connectivity index (χ2n) is 6.25. The lowest BCUT2D eigenvalue weighted by Gasteiger charge is -2.27. The van der Waals surface area contributed by atoms with E-state index in [0.717, 1.165) is 5.56 Å². The summed E-state index contributed by atoms with van der Waals surface area (Å²) >= 11 is 16.6. The molecule has 1 aromatic carbocycles. The summed E-state index contributed by atoms with van der Waals surface area (Å²) in [6.45, 7) is 5.94. The lowest BCUT2D eigenvalue weighted by Crippen LogP contribution is -2.57. The fourth-order valence-corrected chi connectivity index (χ4v) is 2.08. The first-order valence-corrected chi connectivity index (χ1v) is 8.11. The first kappa shape index (κ1) is 21.9. The van der Waals surface area contributed by atoms with Crippen molar-refractivity contribution in [2.75, 3.05) is 0 Å². The second-order valence-corrected chi connectivity index (χ2v) is 8.62. The molecule has 0 fully saturated rings. The Balaban J connectivity index is 2.94. The zero-order chi connectivity index (χ0) is 19.6. The van der Waals surface area contributed by atoms with Gasteiger partial charge in [-0.05, 0) is 23.1 Å². The van der Waals surface area contributed by atoms with Crippen molar-refractivity contribution in [3.63, 3.8) is 0 Å². The van der Waals surface area contributed by atoms with Crippen LogP contribution in [0.1, 0.15) is 36.7 Å². The highest BCUT2D eigenvalue weighted by Gasteiger charge is 2.44. The number of benzene rings is 1. The Morgan fingerprint density at radius 3 is 1.80 bits per heavy atom. The average molecular weight is 420 g/mol. The molecule has 0 saturated carbocycles. The van der Waals surface area contributed by atoms with Crippen molar-refractivity contribution in [3.8, 4) is 0 Å². The summed E-state index contributed by atoms with van der Waals surface area (Å²) in [5, 5.41) is 3.51. The number of hydrogen-bond acceptors (Lipinski definition) is 2. The molecule has 2 N–H and O–H groups in total. The highest BCUT2D eigenvalue weighted by molar-refractivity contribution is 6.68. The molecule has 0 spiro atoms. The van der Waals surface area contributed by atoms with Gasteiger partial charge < -0.3 is 10.6 Å². The maximum absolute atomic E-state index is 12.4. The van der Waals surface area contributed by atoms with Gasteiger partial charge in [0.2, 0.25) is 3.79 Å². The molecule has 0 aliphatic heterocycles. The van der Waals surface area contributed by atoms with Crippen LogP contribution in [0.3, 0.4) is 0 Å². The Labute approximate surface area is 158 Å². The van der Waals surface area contributed by atoms with E-state index in [2.05, 4.69) is 5.32 Å². The molecule has 0 saturated heterocycles. The van der Waals surface area contributed by atoms with Crippen molar-refractivity contribution in [3.05, 3.63) is 35.4 Å². The van der Waals surface area contributed by atoms with E-state index in [-0.39, 0.29) is 11.0 Å². The van der Waals surface area contributed by atoms with E-state index in [1.54, 1.807) is 12.1 Å². The van der Waals surface area contributed by atoms with Crippen molar-refractivity contribution in [1.29, 1.82) is 0 Å². The summed E-state index contributed by atoms with van der Waals surface area (Å²) in [6.07, 6.45) is -7.06. The zero-order valence-corrected chi connectivity index (χ0v) is 15.7. The van der Waals surface area contributed by atoms with Crippen molar-refractivity contribution in [1.82, 2.24) is 10.6 Å². The van der Waals surface area contributed by atoms with Crippen molar-refractivity contribution in [2.24, 2.45) is 0 Å². The summed E-state index contributed by atoms with van der Waals surface area (Å²) < 4.78 is 34.7. The van der Waals surface area contributed by atoms with Gasteiger partial charge >= 0.3 is 12.1 Å². The number of alkyl halides is 6. The molecule has 0 aliphatic rings. The van der Waals surface area contributed by atoms with E-state index in [0.29, 0.717) is 0 Å². The highest BCUT2D eigenvalue weighted by Crippen LogP contribution is 2.30. The van der Waals surface area contributed by atoms with Gasteiger partial charge in [0.25, 0.3) is 5.91 Å². The van der Waals surface area contributed by atoms with E-state index >= 15 is 0 Å². The molecule has 0 aliphatic carbocycles. The van der Waals surface area contributed by atoms with Crippen molar-refractivity contribution in [2.45, 2.75) is 42.3 Å². The van der Waals surface area contributed by atoms with Crippen LogP contribution in [0.2, 0.25) is 0 Å². The van der Waals surface area contributed by atoms with E-state index in [1.807, 2.05) is 20.8 Å². The van der Waals surface area contributed by atoms with Gasteiger partial charge in [0.05, 0.1) is 0 Å². The zero-order valence-electron chi connectivity index (χ0n) is 13.5. The minimum atomic E-state index is -5.19. The van der Waals surface area contributed by atoms with Crippen LogP contribution in [-0.4, -0.2) is 27.9 Å². The number of halogens is 6. The van der Waals surface area contributed by atoms with E-state index in [9.17, 15) is 22.8 Å². The Kier molecular flexibility index (Phi) is 6.64. The maximum Gasteiger partial charge on any atom is 0.471 e. The highest BCUT2D eigenvalue weighted by atomic mass is 35.6. The standard InChI is InChI=1S/C15H16Cl3F3N2O2/c1-13(2,3)9-6-4-8(5-7-9)10(24)22-11(14(16,17)18)23-12(25)15(19,20)21/h4-7,11H,1-3H3,(H,22,24)(H,23,25). The van der Waals surface area contributed by atoms with E-state index in [4.69, 9.17) is 34.8 Å². The summed E-state index contributed by atoms with van der Waals surface area (Å²) in [4.78, 5) is 23.2. The molecule has 4 nitrogen and oxygen atoms in total. The van der Waals surface area contributed by atoms with E-state index in [1.165, 1.54) is 17.4 Å². The molecule has 1 unspecified atom stereocenters. The smallest absolute Gasteiger partial charge is 0.328 e. The molecule has 1 rings (SSSR count). The summed E-state index contributed by atoms with van der Waals surface area (Å²) in [5.74, 6) is -3.15. The normalized spacial score (nSPS) is 14.0. The second kappa shape index (κ2) is 7.60. The molecule has 140 valence electrons. The number of rotatable bonds is 3. The topological polar surface area (TPSA) is 58.2 Å². The first-order chi connectivity index (χ1) is 11.1. The van der Waals surface area contributed by atoms with Crippen LogP contribution in [0.4, 0.5) is 13.2 Å². The van der Waals surface area contributed by atoms with Gasteiger partial charge in [-0.1, -0.05) is 67.7 Å². The summed E-state index contributed by atoms with van der Waals surface area (Å²) in [7, 11) is 0. The van der Waals surface area contributed by atoms with Gasteiger partial charge in [0.15, 0.2) is 0 Å². The monoisotopic (exact) mass is 418 g/mol. The Morgan fingerprint density at radius 2 is 1.44 bits per heavy atom. The molecule has 0 heterocycles. The molecular formula is C15H16Cl3F3N2O2. The van der Waals surface area contributed by atoms with Crippen LogP contribution in [0.25, 0.3) is 0 Å². The fraction of sp³-hybridized carbons (Fsp3) is 0.467.